The number of amides is 1. The molecule has 1 aromatic rings. The van der Waals surface area contributed by atoms with Gasteiger partial charge in [0.2, 0.25) is 0 Å². The minimum atomic E-state index is -0.470. The quantitative estimate of drug-likeness (QED) is 0.772. The van der Waals surface area contributed by atoms with Crippen LogP contribution in [0.15, 0.2) is 0 Å². The predicted octanol–water partition coefficient (Wildman–Crippen LogP) is 0.663. The number of thiazole rings is 1. The molecule has 0 aliphatic rings. The number of nitrogens with one attached hydrogen (secondary N) is 1. The molecule has 1 amide bonds. The summed E-state index contributed by atoms with van der Waals surface area (Å²) in [6.07, 6.45) is 0. The molecule has 0 aliphatic heterocycles. The summed E-state index contributed by atoms with van der Waals surface area (Å²) in [6.45, 7) is 3.47. The highest BCUT2D eigenvalue weighted by Crippen LogP contribution is 2.16. The molecule has 0 radical (unpaired) electrons. The normalized spacial score (nSPS) is 9.80. The second-order valence-corrected chi connectivity index (χ2v) is 4.11. The first-order chi connectivity index (χ1) is 7.04. The number of carbonyl (C=O) groups is 2. The van der Waals surface area contributed by atoms with E-state index in [0.29, 0.717) is 10.6 Å². The van der Waals surface area contributed by atoms with Crippen LogP contribution in [0.4, 0.5) is 0 Å². The Hall–Kier alpha value is -1.43. The van der Waals surface area contributed by atoms with Gasteiger partial charge in [-0.2, -0.15) is 0 Å². The number of aryl methyl sites for hydroxylation is 2. The van der Waals surface area contributed by atoms with E-state index >= 15 is 0 Å². The van der Waals surface area contributed by atoms with Crippen molar-refractivity contribution < 1.29 is 14.3 Å². The van der Waals surface area contributed by atoms with Gasteiger partial charge in [-0.15, -0.1) is 11.3 Å². The van der Waals surface area contributed by atoms with Gasteiger partial charge in [0.05, 0.1) is 17.8 Å². The van der Waals surface area contributed by atoms with Crippen LogP contribution in [-0.4, -0.2) is 30.5 Å². The molecule has 0 fully saturated rings. The molecular weight excluding hydrogens is 216 g/mol. The third kappa shape index (κ3) is 3.02. The summed E-state index contributed by atoms with van der Waals surface area (Å²) >= 11 is 1.31. The van der Waals surface area contributed by atoms with Crippen LogP contribution in [0.5, 0.6) is 0 Å². The molecular formula is C9H12N2O3S. The number of rotatable bonds is 3. The number of aromatic nitrogens is 1. The maximum atomic E-state index is 11.6. The number of methoxy groups -OCH3 is 1. The topological polar surface area (TPSA) is 68.3 Å². The van der Waals surface area contributed by atoms with Crippen molar-refractivity contribution in [2.75, 3.05) is 13.7 Å². The van der Waals surface area contributed by atoms with Crippen LogP contribution >= 0.6 is 11.3 Å². The van der Waals surface area contributed by atoms with E-state index in [1.807, 2.05) is 6.92 Å². The Morgan fingerprint density at radius 1 is 1.47 bits per heavy atom. The molecule has 5 nitrogen and oxygen atoms in total. The second kappa shape index (κ2) is 4.88. The third-order valence-electron chi connectivity index (χ3n) is 1.73. The van der Waals surface area contributed by atoms with Crippen molar-refractivity contribution in [2.45, 2.75) is 13.8 Å². The van der Waals surface area contributed by atoms with E-state index in [-0.39, 0.29) is 12.5 Å². The summed E-state index contributed by atoms with van der Waals surface area (Å²) in [5, 5.41) is 3.29. The summed E-state index contributed by atoms with van der Waals surface area (Å²) < 4.78 is 4.41. The lowest BCUT2D eigenvalue weighted by atomic mass is 10.4. The van der Waals surface area contributed by atoms with E-state index in [4.69, 9.17) is 0 Å². The van der Waals surface area contributed by atoms with Crippen molar-refractivity contribution in [3.63, 3.8) is 0 Å². The second-order valence-electron chi connectivity index (χ2n) is 2.91. The Balaban J connectivity index is 2.61. The summed E-state index contributed by atoms with van der Waals surface area (Å²) in [4.78, 5) is 27.0. The fourth-order valence-electron chi connectivity index (χ4n) is 1.05. The zero-order chi connectivity index (χ0) is 11.4. The van der Waals surface area contributed by atoms with Gasteiger partial charge in [-0.1, -0.05) is 0 Å². The molecule has 0 aromatic carbocycles. The molecule has 0 saturated heterocycles. The minimum absolute atomic E-state index is 0.119. The Morgan fingerprint density at radius 2 is 2.13 bits per heavy atom. The summed E-state index contributed by atoms with van der Waals surface area (Å²) in [5.41, 5.74) is 0.680. The van der Waals surface area contributed by atoms with E-state index in [0.717, 1.165) is 5.01 Å². The number of hydrogen-bond donors (Lipinski definition) is 1. The van der Waals surface area contributed by atoms with Crippen LogP contribution in [-0.2, 0) is 9.53 Å². The van der Waals surface area contributed by atoms with Gasteiger partial charge in [0.15, 0.2) is 0 Å². The first kappa shape index (κ1) is 11.6. The number of ether oxygens (including phenoxy) is 1. The molecule has 1 N–H and O–H groups in total. The van der Waals surface area contributed by atoms with E-state index in [2.05, 4.69) is 15.0 Å². The van der Waals surface area contributed by atoms with Crippen LogP contribution in [0.3, 0.4) is 0 Å². The molecule has 0 aliphatic carbocycles. The smallest absolute Gasteiger partial charge is 0.325 e. The fourth-order valence-corrected chi connectivity index (χ4v) is 1.88. The molecule has 0 bridgehead atoms. The summed E-state index contributed by atoms with van der Waals surface area (Å²) in [7, 11) is 1.27. The molecule has 1 rings (SSSR count). The van der Waals surface area contributed by atoms with Gasteiger partial charge >= 0.3 is 5.97 Å². The zero-order valence-electron chi connectivity index (χ0n) is 8.79. The summed E-state index contributed by atoms with van der Waals surface area (Å²) in [5.74, 6) is -0.759. The standard InChI is InChI=1S/C9H12N2O3S/c1-5-8(15-6(2)11-5)9(13)10-4-7(12)14-3/h4H2,1-3H3,(H,10,13). The SMILES string of the molecule is COC(=O)CNC(=O)c1sc(C)nc1C. The fraction of sp³-hybridized carbons (Fsp3) is 0.444. The minimum Gasteiger partial charge on any atom is -0.468 e. The molecule has 82 valence electrons. The predicted molar refractivity (Wildman–Crippen MR) is 55.9 cm³/mol. The number of esters is 1. The summed E-state index contributed by atoms with van der Waals surface area (Å²) in [6, 6.07) is 0. The van der Waals surface area contributed by atoms with Crippen molar-refractivity contribution in [2.24, 2.45) is 0 Å². The van der Waals surface area contributed by atoms with E-state index in [1.54, 1.807) is 6.92 Å². The number of nitrogens with zero attached hydrogens (tertiary/aromatic N) is 1. The van der Waals surface area contributed by atoms with Gasteiger partial charge in [0.1, 0.15) is 11.4 Å². The molecule has 0 unspecified atom stereocenters. The van der Waals surface area contributed by atoms with Gasteiger partial charge in [0, 0.05) is 0 Å². The van der Waals surface area contributed by atoms with Gasteiger partial charge in [-0.25, -0.2) is 4.98 Å². The van der Waals surface area contributed by atoms with E-state index in [1.165, 1.54) is 18.4 Å². The Labute approximate surface area is 91.5 Å². The number of carbonyl (C=O) groups excluding carboxylic acids is 2. The third-order valence-corrected chi connectivity index (χ3v) is 2.80. The first-order valence-electron chi connectivity index (χ1n) is 4.33. The molecule has 0 saturated carbocycles. The average Bonchev–Trinajstić information content (AvgIpc) is 2.53. The average molecular weight is 228 g/mol. The Kier molecular flexibility index (Phi) is 3.79. The van der Waals surface area contributed by atoms with Crippen LogP contribution < -0.4 is 5.32 Å². The van der Waals surface area contributed by atoms with Gasteiger partial charge in [0.25, 0.3) is 5.91 Å². The Bertz CT molecular complexity index is 387. The van der Waals surface area contributed by atoms with Crippen molar-refractivity contribution in [3.8, 4) is 0 Å². The largest absolute Gasteiger partial charge is 0.468 e. The van der Waals surface area contributed by atoms with Crippen LogP contribution in [0.2, 0.25) is 0 Å². The zero-order valence-corrected chi connectivity index (χ0v) is 9.60. The lowest BCUT2D eigenvalue weighted by Crippen LogP contribution is -2.29. The van der Waals surface area contributed by atoms with Gasteiger partial charge in [-0.3, -0.25) is 9.59 Å². The van der Waals surface area contributed by atoms with Gasteiger partial charge in [-0.05, 0) is 13.8 Å². The lowest BCUT2D eigenvalue weighted by Gasteiger charge is -2.01. The Morgan fingerprint density at radius 3 is 2.60 bits per heavy atom. The van der Waals surface area contributed by atoms with Crippen molar-refractivity contribution in [3.05, 3.63) is 15.6 Å². The maximum Gasteiger partial charge on any atom is 0.325 e. The van der Waals surface area contributed by atoms with Gasteiger partial charge < -0.3 is 10.1 Å². The van der Waals surface area contributed by atoms with Crippen LogP contribution in [0.25, 0.3) is 0 Å². The van der Waals surface area contributed by atoms with Crippen molar-refractivity contribution >= 4 is 23.2 Å². The molecule has 1 heterocycles. The van der Waals surface area contributed by atoms with Crippen molar-refractivity contribution in [1.82, 2.24) is 10.3 Å². The molecule has 0 spiro atoms. The van der Waals surface area contributed by atoms with Crippen LogP contribution in [0, 0.1) is 13.8 Å². The van der Waals surface area contributed by atoms with Crippen LogP contribution in [0.1, 0.15) is 20.4 Å². The van der Waals surface area contributed by atoms with E-state index < -0.39 is 5.97 Å². The monoisotopic (exact) mass is 228 g/mol. The molecule has 6 heteroatoms. The van der Waals surface area contributed by atoms with Crippen molar-refractivity contribution in [1.29, 1.82) is 0 Å². The highest BCUT2D eigenvalue weighted by atomic mass is 32.1. The lowest BCUT2D eigenvalue weighted by molar-refractivity contribution is -0.139. The highest BCUT2D eigenvalue weighted by Gasteiger charge is 2.14. The van der Waals surface area contributed by atoms with E-state index in [9.17, 15) is 9.59 Å². The number of hydrogen-bond acceptors (Lipinski definition) is 5. The molecule has 15 heavy (non-hydrogen) atoms. The maximum absolute atomic E-state index is 11.6. The highest BCUT2D eigenvalue weighted by molar-refractivity contribution is 7.13. The molecule has 1 aromatic heterocycles. The molecule has 0 atom stereocenters. The first-order valence-corrected chi connectivity index (χ1v) is 5.15.